The first-order chi connectivity index (χ1) is 34.0. The molecule has 360 valence electrons. The highest BCUT2D eigenvalue weighted by Gasteiger charge is 2.51. The van der Waals surface area contributed by atoms with E-state index in [4.69, 9.17) is 4.42 Å². The highest BCUT2D eigenvalue weighted by Crippen LogP contribution is 2.59. The molecule has 7 aromatic carbocycles. The molecule has 0 atom stereocenters. The fourth-order valence-electron chi connectivity index (χ4n) is 14.3. The van der Waals surface area contributed by atoms with Crippen molar-refractivity contribution in [3.8, 4) is 22.3 Å². The van der Waals surface area contributed by atoms with Gasteiger partial charge in [-0.15, -0.1) is 11.3 Å². The number of thiophene rings is 1. The Morgan fingerprint density at radius 1 is 0.514 bits per heavy atom. The molecule has 0 fully saturated rings. The molecule has 0 spiro atoms. The summed E-state index contributed by atoms with van der Waals surface area (Å²) in [6, 6.07) is 48.0. The zero-order chi connectivity index (χ0) is 50.0. The van der Waals surface area contributed by atoms with Gasteiger partial charge in [0.05, 0.1) is 5.69 Å². The van der Waals surface area contributed by atoms with Crippen molar-refractivity contribution in [3.63, 3.8) is 0 Å². The quantitative estimate of drug-likeness (QED) is 0.161. The lowest BCUT2D eigenvalue weighted by Crippen LogP contribution is -2.60. The molecule has 3 aliphatic carbocycles. The topological polar surface area (TPSA) is 19.6 Å². The molecule has 5 aliphatic rings. The summed E-state index contributed by atoms with van der Waals surface area (Å²) >= 11 is 2.03. The van der Waals surface area contributed by atoms with Crippen LogP contribution in [0.25, 0.3) is 54.3 Å². The largest absolute Gasteiger partial charge is 0.455 e. The number of anilines is 5. The third-order valence-corrected chi connectivity index (χ3v) is 20.1. The molecule has 0 radical (unpaired) electrons. The second-order valence-corrected chi connectivity index (χ2v) is 27.7. The number of furan rings is 1. The fraction of sp³-hybridized carbons (Fsp3) is 0.343. The summed E-state index contributed by atoms with van der Waals surface area (Å²) in [5.41, 5.74) is 24.8. The first kappa shape index (κ1) is 44.6. The highest BCUT2D eigenvalue weighted by molar-refractivity contribution is 7.32. The monoisotopic (exact) mass is 959 g/mol. The lowest BCUT2D eigenvalue weighted by Gasteiger charge is -2.46. The number of benzene rings is 7. The molecule has 0 N–H and O–H groups in total. The second-order valence-electron chi connectivity index (χ2n) is 26.6. The summed E-state index contributed by atoms with van der Waals surface area (Å²) in [4.78, 5) is 5.48. The molecule has 5 heteroatoms. The van der Waals surface area contributed by atoms with Crippen LogP contribution in [0.5, 0.6) is 0 Å². The highest BCUT2D eigenvalue weighted by atomic mass is 32.1. The molecular formula is C67H67BN2OS. The molecule has 0 bridgehead atoms. The van der Waals surface area contributed by atoms with Gasteiger partial charge in [-0.1, -0.05) is 151 Å². The summed E-state index contributed by atoms with van der Waals surface area (Å²) in [6.45, 7) is 31.5. The summed E-state index contributed by atoms with van der Waals surface area (Å²) in [6.07, 6.45) is 4.70. The maximum atomic E-state index is 7.30. The summed E-state index contributed by atoms with van der Waals surface area (Å²) < 4.78 is 10.1. The second kappa shape index (κ2) is 14.2. The Kier molecular flexibility index (Phi) is 8.79. The van der Waals surface area contributed by atoms with E-state index < -0.39 is 0 Å². The van der Waals surface area contributed by atoms with Gasteiger partial charge < -0.3 is 14.1 Å². The van der Waals surface area contributed by atoms with Gasteiger partial charge in [0.2, 0.25) is 0 Å². The third-order valence-electron chi connectivity index (χ3n) is 18.9. The van der Waals surface area contributed by atoms with E-state index in [1.807, 2.05) is 11.3 Å². The third kappa shape index (κ3) is 5.92. The standard InChI is InChI=1S/C67H67BN2OS/c1-62(2,3)38-22-24-39(25-23-38)70-53-36-49-43(41-18-14-16-20-47(41)67(49,12)13)33-45(53)57-58-54(35-44-42-19-15-17-21-55(42)71-60(44)57)69(40-26-27-48-50(32-40)64(6,7)29-28-63(48,4)5)59-46-34-51-52(37-56(46)72-61(59)68(58)70)66(10,11)31-30-65(51,8)9/h14-27,32-37H,28-31H2,1-13H3. The molecular weight excluding hydrogens is 892 g/mol. The van der Waals surface area contributed by atoms with Crippen LogP contribution >= 0.6 is 11.3 Å². The Labute approximate surface area is 431 Å². The maximum absolute atomic E-state index is 7.30. The van der Waals surface area contributed by atoms with E-state index >= 15 is 0 Å². The maximum Gasteiger partial charge on any atom is 0.343 e. The zero-order valence-electron chi connectivity index (χ0n) is 44.7. The number of rotatable bonds is 2. The average Bonchev–Trinajstić information content (AvgIpc) is 3.98. The summed E-state index contributed by atoms with van der Waals surface area (Å²) in [5, 5.41) is 3.69. The van der Waals surface area contributed by atoms with Crippen LogP contribution < -0.4 is 20.0 Å². The van der Waals surface area contributed by atoms with Gasteiger partial charge in [-0.25, -0.2) is 0 Å². The molecule has 3 nitrogen and oxygen atoms in total. The van der Waals surface area contributed by atoms with Gasteiger partial charge in [0.1, 0.15) is 11.2 Å². The molecule has 0 saturated heterocycles. The lowest BCUT2D eigenvalue weighted by atomic mass is 9.46. The minimum absolute atomic E-state index is 0.0188. The van der Waals surface area contributed by atoms with Crippen molar-refractivity contribution < 1.29 is 4.42 Å². The number of hydrogen-bond acceptors (Lipinski definition) is 4. The predicted molar refractivity (Wildman–Crippen MR) is 310 cm³/mol. The molecule has 0 amide bonds. The van der Waals surface area contributed by atoms with Crippen LogP contribution in [0.1, 0.15) is 155 Å². The van der Waals surface area contributed by atoms with Gasteiger partial charge in [0.15, 0.2) is 0 Å². The van der Waals surface area contributed by atoms with Gasteiger partial charge in [-0.3, -0.25) is 0 Å². The Morgan fingerprint density at radius 3 is 1.85 bits per heavy atom. The average molecular weight is 959 g/mol. The number of fused-ring (bicyclic) bond motifs is 15. The lowest BCUT2D eigenvalue weighted by molar-refractivity contribution is 0.332. The summed E-state index contributed by atoms with van der Waals surface area (Å²) in [7, 11) is 0. The molecule has 72 heavy (non-hydrogen) atoms. The smallest absolute Gasteiger partial charge is 0.343 e. The van der Waals surface area contributed by atoms with E-state index in [1.165, 1.54) is 135 Å². The predicted octanol–water partition coefficient (Wildman–Crippen LogP) is 17.8. The first-order valence-electron chi connectivity index (χ1n) is 26.8. The van der Waals surface area contributed by atoms with Crippen molar-refractivity contribution in [2.75, 3.05) is 9.71 Å². The number of nitrogens with zero attached hydrogens (tertiary/aromatic N) is 2. The van der Waals surface area contributed by atoms with Crippen LogP contribution in [-0.2, 0) is 32.5 Å². The molecule has 9 aromatic rings. The van der Waals surface area contributed by atoms with Crippen LogP contribution in [0.2, 0.25) is 0 Å². The van der Waals surface area contributed by atoms with Gasteiger partial charge in [-0.2, -0.15) is 0 Å². The Balaban J connectivity index is 1.17. The molecule has 14 rings (SSSR count). The fourth-order valence-corrected chi connectivity index (χ4v) is 15.6. The summed E-state index contributed by atoms with van der Waals surface area (Å²) in [5.74, 6) is 0. The van der Waals surface area contributed by atoms with E-state index in [0.717, 1.165) is 23.0 Å². The van der Waals surface area contributed by atoms with E-state index in [-0.39, 0.29) is 39.3 Å². The normalized spacial score (nSPS) is 19.2. The van der Waals surface area contributed by atoms with E-state index in [1.54, 1.807) is 0 Å². The van der Waals surface area contributed by atoms with Crippen molar-refractivity contribution in [2.45, 2.75) is 148 Å². The van der Waals surface area contributed by atoms with Gasteiger partial charge in [0, 0.05) is 64.9 Å². The van der Waals surface area contributed by atoms with Crippen LogP contribution in [0.3, 0.4) is 0 Å². The molecule has 0 unspecified atom stereocenters. The van der Waals surface area contributed by atoms with E-state index in [0.29, 0.717) is 0 Å². The minimum Gasteiger partial charge on any atom is -0.455 e. The van der Waals surface area contributed by atoms with Gasteiger partial charge >= 0.3 is 6.85 Å². The first-order valence-corrected chi connectivity index (χ1v) is 27.6. The van der Waals surface area contributed by atoms with E-state index in [2.05, 4.69) is 221 Å². The SMILES string of the molecule is CC(C)(C)c1ccc(N2B3c4sc5cc6c(cc5c4N(c4ccc5c(c4)C(C)(C)CCC5(C)C)c4cc5c(oc7ccccc75)c(c43)-c3cc4c(cc32)C(C)(C)c2ccccc2-4)C(C)(C)CCC6(C)C)cc1. The minimum atomic E-state index is -0.181. The van der Waals surface area contributed by atoms with Crippen molar-refractivity contribution in [3.05, 3.63) is 160 Å². The van der Waals surface area contributed by atoms with Gasteiger partial charge in [0.25, 0.3) is 0 Å². The Hall–Kier alpha value is -6.04. The Bertz CT molecular complexity index is 3850. The van der Waals surface area contributed by atoms with Crippen LogP contribution in [0.4, 0.5) is 28.4 Å². The van der Waals surface area contributed by atoms with Crippen molar-refractivity contribution in [2.24, 2.45) is 0 Å². The number of hydrogen-bond donors (Lipinski definition) is 0. The van der Waals surface area contributed by atoms with Crippen LogP contribution in [0, 0.1) is 0 Å². The molecule has 4 heterocycles. The van der Waals surface area contributed by atoms with Gasteiger partial charge in [-0.05, 0) is 169 Å². The molecule has 2 aromatic heterocycles. The number of para-hydroxylation sites is 1. The van der Waals surface area contributed by atoms with Crippen LogP contribution in [0.15, 0.2) is 126 Å². The van der Waals surface area contributed by atoms with Crippen molar-refractivity contribution in [1.29, 1.82) is 0 Å². The van der Waals surface area contributed by atoms with E-state index in [9.17, 15) is 0 Å². The molecule has 0 saturated carbocycles. The van der Waals surface area contributed by atoms with Crippen molar-refractivity contribution in [1.82, 2.24) is 0 Å². The zero-order valence-corrected chi connectivity index (χ0v) is 45.5. The Morgan fingerprint density at radius 2 is 1.14 bits per heavy atom. The van der Waals surface area contributed by atoms with Crippen LogP contribution in [-0.4, -0.2) is 6.85 Å². The van der Waals surface area contributed by atoms with Crippen molar-refractivity contribution >= 4 is 88.9 Å². The molecule has 2 aliphatic heterocycles.